The van der Waals surface area contributed by atoms with Crippen molar-refractivity contribution < 1.29 is 4.74 Å². The van der Waals surface area contributed by atoms with Gasteiger partial charge >= 0.3 is 0 Å². The third-order valence-corrected chi connectivity index (χ3v) is 5.51. The number of anilines is 3. The van der Waals surface area contributed by atoms with Crippen LogP contribution in [-0.2, 0) is 11.3 Å². The molecule has 0 saturated heterocycles. The highest BCUT2D eigenvalue weighted by atomic mass is 16.5. The van der Waals surface area contributed by atoms with Crippen molar-refractivity contribution in [2.75, 3.05) is 37.5 Å². The number of hydrogen-bond acceptors (Lipinski definition) is 6. The molecule has 0 aliphatic carbocycles. The molecule has 0 amide bonds. The zero-order valence-electron chi connectivity index (χ0n) is 17.6. The molecule has 0 saturated carbocycles. The first-order chi connectivity index (χ1) is 15.2. The van der Waals surface area contributed by atoms with Crippen LogP contribution in [0.15, 0.2) is 66.0 Å². The van der Waals surface area contributed by atoms with E-state index in [0.29, 0.717) is 6.61 Å². The van der Waals surface area contributed by atoms with Gasteiger partial charge in [-0.2, -0.15) is 0 Å². The van der Waals surface area contributed by atoms with Crippen LogP contribution in [0.25, 0.3) is 16.9 Å². The average molecular weight is 412 g/mol. The van der Waals surface area contributed by atoms with Gasteiger partial charge in [0.15, 0.2) is 11.5 Å². The number of aromatic nitrogens is 3. The predicted octanol–water partition coefficient (Wildman–Crippen LogP) is 4.16. The van der Waals surface area contributed by atoms with Crippen LogP contribution >= 0.6 is 0 Å². The Balaban J connectivity index is 1.44. The maximum Gasteiger partial charge on any atom is 0.180 e. The first-order valence-electron chi connectivity index (χ1n) is 10.3. The summed E-state index contributed by atoms with van der Waals surface area (Å²) in [6, 6.07) is 14.7. The first kappa shape index (κ1) is 19.3. The van der Waals surface area contributed by atoms with Gasteiger partial charge in [0.25, 0.3) is 0 Å². The van der Waals surface area contributed by atoms with Crippen LogP contribution in [0, 0.1) is 0 Å². The van der Waals surface area contributed by atoms with Crippen LogP contribution in [0.1, 0.15) is 11.1 Å². The Morgan fingerprint density at radius 3 is 2.87 bits per heavy atom. The quantitative estimate of drug-likeness (QED) is 0.494. The highest BCUT2D eigenvalue weighted by Gasteiger charge is 2.13. The third-order valence-electron chi connectivity index (χ3n) is 5.51. The number of fused-ring (bicyclic) bond motifs is 2. The lowest BCUT2D eigenvalue weighted by Crippen LogP contribution is -2.21. The van der Waals surface area contributed by atoms with Gasteiger partial charge < -0.3 is 19.4 Å². The molecular formula is C24H24N6O. The number of benzene rings is 2. The number of nitrogens with zero attached hydrogens (tertiary/aromatic N) is 5. The third kappa shape index (κ3) is 3.87. The van der Waals surface area contributed by atoms with E-state index < -0.39 is 0 Å². The number of hydrogen-bond donors (Lipinski definition) is 1. The molecule has 0 bridgehead atoms. The molecule has 0 atom stereocenters. The SMILES string of the molecule is COCCN(C)c1ccc(Nc2nc(-c3ccc4c(c3)CN=C4)cn3ccnc23)cc1. The van der Waals surface area contributed by atoms with Gasteiger partial charge in [0, 0.05) is 62.4 Å². The highest BCUT2D eigenvalue weighted by Crippen LogP contribution is 2.28. The van der Waals surface area contributed by atoms with Crippen molar-refractivity contribution >= 4 is 29.1 Å². The summed E-state index contributed by atoms with van der Waals surface area (Å²) in [6.07, 6.45) is 7.67. The van der Waals surface area contributed by atoms with Crippen LogP contribution in [0.2, 0.25) is 0 Å². The van der Waals surface area contributed by atoms with E-state index in [2.05, 4.69) is 69.7 Å². The predicted molar refractivity (Wildman–Crippen MR) is 125 cm³/mol. The van der Waals surface area contributed by atoms with Crippen molar-refractivity contribution in [2.45, 2.75) is 6.54 Å². The number of likely N-dealkylation sites (N-methyl/N-ethyl adjacent to an activating group) is 1. The number of methoxy groups -OCH3 is 1. The summed E-state index contributed by atoms with van der Waals surface area (Å²) in [5.74, 6) is 0.722. The van der Waals surface area contributed by atoms with Crippen molar-refractivity contribution in [1.82, 2.24) is 14.4 Å². The monoisotopic (exact) mass is 412 g/mol. The molecule has 31 heavy (non-hydrogen) atoms. The maximum atomic E-state index is 5.16. The summed E-state index contributed by atoms with van der Waals surface area (Å²) >= 11 is 0. The van der Waals surface area contributed by atoms with E-state index in [0.717, 1.165) is 47.2 Å². The summed E-state index contributed by atoms with van der Waals surface area (Å²) in [7, 11) is 3.77. The fourth-order valence-electron chi connectivity index (χ4n) is 3.72. The summed E-state index contributed by atoms with van der Waals surface area (Å²) in [6.45, 7) is 2.26. The smallest absolute Gasteiger partial charge is 0.180 e. The minimum absolute atomic E-state index is 0.694. The van der Waals surface area contributed by atoms with Gasteiger partial charge in [0.2, 0.25) is 0 Å². The maximum absolute atomic E-state index is 5.16. The molecular weight excluding hydrogens is 388 g/mol. The number of imidazole rings is 1. The minimum Gasteiger partial charge on any atom is -0.383 e. The van der Waals surface area contributed by atoms with Gasteiger partial charge in [-0.1, -0.05) is 12.1 Å². The Labute approximate surface area is 181 Å². The van der Waals surface area contributed by atoms with Gasteiger partial charge in [-0.15, -0.1) is 0 Å². The summed E-state index contributed by atoms with van der Waals surface area (Å²) in [5, 5.41) is 3.44. The van der Waals surface area contributed by atoms with Gasteiger partial charge in [-0.3, -0.25) is 4.99 Å². The van der Waals surface area contributed by atoms with Gasteiger partial charge in [-0.05, 0) is 41.5 Å². The largest absolute Gasteiger partial charge is 0.383 e. The van der Waals surface area contributed by atoms with E-state index >= 15 is 0 Å². The molecule has 1 N–H and O–H groups in total. The van der Waals surface area contributed by atoms with Crippen LogP contribution in [0.3, 0.4) is 0 Å². The van der Waals surface area contributed by atoms with Crippen LogP contribution in [0.5, 0.6) is 0 Å². The van der Waals surface area contributed by atoms with Gasteiger partial charge in [0.05, 0.1) is 18.8 Å². The number of ether oxygens (including phenoxy) is 1. The Morgan fingerprint density at radius 1 is 1.16 bits per heavy atom. The van der Waals surface area contributed by atoms with Crippen LogP contribution in [0.4, 0.5) is 17.2 Å². The van der Waals surface area contributed by atoms with Crippen molar-refractivity contribution in [2.24, 2.45) is 4.99 Å². The second-order valence-electron chi connectivity index (χ2n) is 7.60. The lowest BCUT2D eigenvalue weighted by Gasteiger charge is -2.19. The van der Waals surface area contributed by atoms with Crippen molar-refractivity contribution in [3.05, 3.63) is 72.2 Å². The minimum atomic E-state index is 0.694. The van der Waals surface area contributed by atoms with E-state index in [1.54, 1.807) is 13.3 Å². The topological polar surface area (TPSA) is 67.0 Å². The first-order valence-corrected chi connectivity index (χ1v) is 10.3. The molecule has 7 nitrogen and oxygen atoms in total. The van der Waals surface area contributed by atoms with Gasteiger partial charge in [-0.25, -0.2) is 9.97 Å². The van der Waals surface area contributed by atoms with Gasteiger partial charge in [0.1, 0.15) is 0 Å². The molecule has 0 radical (unpaired) electrons. The summed E-state index contributed by atoms with van der Waals surface area (Å²) < 4.78 is 7.16. The molecule has 5 rings (SSSR count). The molecule has 0 fully saturated rings. The molecule has 1 aliphatic rings. The number of nitrogens with one attached hydrogen (secondary N) is 1. The molecule has 156 valence electrons. The molecule has 7 heteroatoms. The molecule has 2 aromatic heterocycles. The zero-order chi connectivity index (χ0) is 21.2. The summed E-state index contributed by atoms with van der Waals surface area (Å²) in [4.78, 5) is 15.9. The average Bonchev–Trinajstić information content (AvgIpc) is 3.46. The summed E-state index contributed by atoms with van der Waals surface area (Å²) in [5.41, 5.74) is 7.25. The number of aliphatic imine (C=N–C) groups is 1. The Kier molecular flexibility index (Phi) is 5.09. The van der Waals surface area contributed by atoms with Crippen molar-refractivity contribution in [3.8, 4) is 11.3 Å². The van der Waals surface area contributed by atoms with E-state index in [4.69, 9.17) is 9.72 Å². The molecule has 1 aliphatic heterocycles. The lowest BCUT2D eigenvalue weighted by atomic mass is 10.0. The lowest BCUT2D eigenvalue weighted by molar-refractivity contribution is 0.206. The standard InChI is InChI=1S/C24H24N6O/c1-29(11-12-31-2)21-7-5-20(6-8-21)27-23-24-26-9-10-30(24)16-22(28-23)17-3-4-18-14-25-15-19(18)13-17/h3-10,13-14,16H,11-12,15H2,1-2H3,(H,27,28). The molecule has 4 aromatic rings. The second kappa shape index (κ2) is 8.20. The van der Waals surface area contributed by atoms with Crippen LogP contribution < -0.4 is 10.2 Å². The molecule has 2 aromatic carbocycles. The van der Waals surface area contributed by atoms with Crippen LogP contribution in [-0.4, -0.2) is 47.9 Å². The van der Waals surface area contributed by atoms with E-state index in [9.17, 15) is 0 Å². The second-order valence-corrected chi connectivity index (χ2v) is 7.60. The fourth-order valence-corrected chi connectivity index (χ4v) is 3.72. The van der Waals surface area contributed by atoms with E-state index in [-0.39, 0.29) is 0 Å². The van der Waals surface area contributed by atoms with Crippen molar-refractivity contribution in [3.63, 3.8) is 0 Å². The van der Waals surface area contributed by atoms with E-state index in [1.807, 2.05) is 23.0 Å². The Hall–Kier alpha value is -3.71. The molecule has 0 unspecified atom stereocenters. The highest BCUT2D eigenvalue weighted by molar-refractivity contribution is 5.86. The normalized spacial score (nSPS) is 12.3. The molecule has 0 spiro atoms. The zero-order valence-corrected chi connectivity index (χ0v) is 17.6. The van der Waals surface area contributed by atoms with E-state index in [1.165, 1.54) is 11.1 Å². The Morgan fingerprint density at radius 2 is 2.03 bits per heavy atom. The Bertz CT molecular complexity index is 1240. The van der Waals surface area contributed by atoms with Crippen molar-refractivity contribution in [1.29, 1.82) is 0 Å². The molecule has 3 heterocycles. The fraction of sp³-hybridized carbons (Fsp3) is 0.208. The number of rotatable bonds is 7.